The maximum Gasteiger partial charge on any atom is 0.118 e. The Morgan fingerprint density at radius 3 is 1.00 bits per heavy atom. The molecule has 0 aliphatic heterocycles. The molecule has 0 radical (unpaired) electrons. The molecule has 0 aliphatic carbocycles. The van der Waals surface area contributed by atoms with Crippen molar-refractivity contribution in [2.24, 2.45) is 0 Å². The lowest BCUT2D eigenvalue weighted by Crippen LogP contribution is -2.25. The largest absolute Gasteiger partial charge is 0.264 e. The molecule has 13 heavy (non-hydrogen) atoms. The van der Waals surface area contributed by atoms with Gasteiger partial charge in [0.15, 0.2) is 0 Å². The first-order chi connectivity index (χ1) is 5.88. The predicted octanol–water partition coefficient (Wildman–Crippen LogP) is 1.43. The molecule has 0 unspecified atom stereocenters. The van der Waals surface area contributed by atoms with Crippen LogP contribution >= 0.6 is 8.37 Å². The molecule has 0 rings (SSSR count). The van der Waals surface area contributed by atoms with Crippen molar-refractivity contribution >= 4 is 8.37 Å². The van der Waals surface area contributed by atoms with Gasteiger partial charge in [-0.15, -0.1) is 0 Å². The molecule has 0 saturated heterocycles. The van der Waals surface area contributed by atoms with Gasteiger partial charge in [0.1, 0.15) is 8.37 Å². The average molecular weight is 204 g/mol. The molecule has 0 atom stereocenters. The lowest BCUT2D eigenvalue weighted by atomic mass is 11.0. The molecule has 0 amide bonds. The van der Waals surface area contributed by atoms with E-state index in [2.05, 4.69) is 56.3 Å². The number of hydrogen-bond acceptors (Lipinski definition) is 4. The second-order valence-electron chi connectivity index (χ2n) is 3.03. The number of hydrogen-bond donors (Lipinski definition) is 0. The first-order valence-electron chi connectivity index (χ1n) is 4.01. The van der Waals surface area contributed by atoms with Crippen LogP contribution in [0, 0.1) is 11.3 Å². The van der Waals surface area contributed by atoms with Crippen LogP contribution in [0.2, 0.25) is 0 Å². The first-order valence-corrected chi connectivity index (χ1v) is 5.21. The Kier molecular flexibility index (Phi) is 9.87. The van der Waals surface area contributed by atoms with E-state index in [9.17, 15) is 0 Å². The van der Waals surface area contributed by atoms with Crippen molar-refractivity contribution in [1.29, 1.82) is 5.26 Å². The predicted molar refractivity (Wildman–Crippen MR) is 59.3 cm³/mol. The summed E-state index contributed by atoms with van der Waals surface area (Å²) in [6.07, 6.45) is 0. The Bertz CT molecular complexity index is 132. The van der Waals surface area contributed by atoms with Crippen molar-refractivity contribution in [2.45, 2.75) is 6.92 Å². The monoisotopic (exact) mass is 204 g/mol. The van der Waals surface area contributed by atoms with Gasteiger partial charge in [-0.05, 0) is 42.3 Å². The molecule has 78 valence electrons. The molecule has 0 heterocycles. The zero-order chi connectivity index (χ0) is 11.0. The Hall–Kier alpha value is -0.200. The van der Waals surface area contributed by atoms with Crippen molar-refractivity contribution in [2.75, 3.05) is 42.3 Å². The summed E-state index contributed by atoms with van der Waals surface area (Å²) in [6.45, 7) is 1.43. The minimum absolute atomic E-state index is 0.238. The molecule has 0 aromatic carbocycles. The highest BCUT2D eigenvalue weighted by Gasteiger charge is 2.15. The van der Waals surface area contributed by atoms with Gasteiger partial charge < -0.3 is 0 Å². The number of nitrogens with zero attached hydrogens (tertiary/aromatic N) is 4. The zero-order valence-electron chi connectivity index (χ0n) is 9.74. The molecule has 0 aromatic rings. The van der Waals surface area contributed by atoms with Crippen molar-refractivity contribution < 1.29 is 0 Å². The molecular formula is C8H21N4P. The fourth-order valence-electron chi connectivity index (χ4n) is 1.07. The first kappa shape index (κ1) is 15.3. The van der Waals surface area contributed by atoms with Crippen LogP contribution in [0.5, 0.6) is 0 Å². The maximum absolute atomic E-state index is 7.32. The molecule has 0 aliphatic rings. The van der Waals surface area contributed by atoms with E-state index in [1.165, 1.54) is 6.92 Å². The van der Waals surface area contributed by atoms with E-state index in [1.807, 2.05) is 0 Å². The quantitative estimate of drug-likeness (QED) is 0.651. The Morgan fingerprint density at radius 2 is 1.00 bits per heavy atom. The van der Waals surface area contributed by atoms with Crippen LogP contribution in [0.15, 0.2) is 0 Å². The van der Waals surface area contributed by atoms with Crippen LogP contribution in [-0.4, -0.2) is 56.3 Å². The second-order valence-corrected chi connectivity index (χ2v) is 5.97. The second kappa shape index (κ2) is 8.40. The molecule has 0 spiro atoms. The lowest BCUT2D eigenvalue weighted by molar-refractivity contribution is 0.490. The van der Waals surface area contributed by atoms with Gasteiger partial charge in [-0.2, -0.15) is 5.26 Å². The van der Waals surface area contributed by atoms with Gasteiger partial charge in [0.05, 0.1) is 6.07 Å². The van der Waals surface area contributed by atoms with Gasteiger partial charge >= 0.3 is 0 Å². The molecule has 5 heteroatoms. The van der Waals surface area contributed by atoms with E-state index in [0.29, 0.717) is 0 Å². The fourth-order valence-corrected chi connectivity index (χ4v) is 3.22. The minimum Gasteiger partial charge on any atom is -0.264 e. The third kappa shape index (κ3) is 8.14. The lowest BCUT2D eigenvalue weighted by Gasteiger charge is -2.34. The van der Waals surface area contributed by atoms with E-state index in [4.69, 9.17) is 5.26 Å². The van der Waals surface area contributed by atoms with Gasteiger partial charge in [-0.25, -0.2) is 0 Å². The minimum atomic E-state index is -0.238. The molecule has 0 saturated carbocycles. The van der Waals surface area contributed by atoms with Crippen molar-refractivity contribution in [3.8, 4) is 6.07 Å². The molecule has 0 aromatic heterocycles. The zero-order valence-corrected chi connectivity index (χ0v) is 10.6. The maximum atomic E-state index is 7.32. The summed E-state index contributed by atoms with van der Waals surface area (Å²) in [5.41, 5.74) is 0. The molecular weight excluding hydrogens is 183 g/mol. The highest BCUT2D eigenvalue weighted by atomic mass is 31.2. The molecule has 4 nitrogen and oxygen atoms in total. The van der Waals surface area contributed by atoms with Crippen molar-refractivity contribution in [3.05, 3.63) is 0 Å². The highest BCUT2D eigenvalue weighted by Crippen LogP contribution is 2.40. The molecule has 0 bridgehead atoms. The van der Waals surface area contributed by atoms with E-state index in [-0.39, 0.29) is 8.37 Å². The molecule has 0 N–H and O–H groups in total. The Morgan fingerprint density at radius 1 is 0.846 bits per heavy atom. The van der Waals surface area contributed by atoms with E-state index in [0.717, 1.165) is 0 Å². The highest BCUT2D eigenvalue weighted by molar-refractivity contribution is 7.49. The van der Waals surface area contributed by atoms with E-state index in [1.54, 1.807) is 6.07 Å². The normalized spacial score (nSPS) is 10.3. The van der Waals surface area contributed by atoms with Crippen LogP contribution < -0.4 is 0 Å². The summed E-state index contributed by atoms with van der Waals surface area (Å²) in [5, 5.41) is 7.32. The topological polar surface area (TPSA) is 33.5 Å². The molecule has 0 fully saturated rings. The number of nitriles is 1. The standard InChI is InChI=1S/C6H18N3P.C2H3N/c1-7(2)10(8(3)4)9(5)6;1-2-3/h1-6H3;1H3. The smallest absolute Gasteiger partial charge is 0.118 e. The van der Waals surface area contributed by atoms with Crippen molar-refractivity contribution in [1.82, 2.24) is 14.0 Å². The summed E-state index contributed by atoms with van der Waals surface area (Å²) in [6, 6.07) is 1.75. The third-order valence-corrected chi connectivity index (χ3v) is 3.22. The summed E-state index contributed by atoms with van der Waals surface area (Å²) < 4.78 is 6.69. The summed E-state index contributed by atoms with van der Waals surface area (Å²) >= 11 is 0. The third-order valence-electron chi connectivity index (χ3n) is 1.07. The van der Waals surface area contributed by atoms with Gasteiger partial charge in [0, 0.05) is 6.92 Å². The van der Waals surface area contributed by atoms with Crippen LogP contribution in [0.4, 0.5) is 0 Å². The van der Waals surface area contributed by atoms with Gasteiger partial charge in [-0.1, -0.05) is 0 Å². The summed E-state index contributed by atoms with van der Waals surface area (Å²) in [5.74, 6) is 0. The Labute approximate surface area is 83.6 Å². The van der Waals surface area contributed by atoms with Crippen LogP contribution in [-0.2, 0) is 0 Å². The number of rotatable bonds is 3. The van der Waals surface area contributed by atoms with Crippen molar-refractivity contribution in [3.63, 3.8) is 0 Å². The van der Waals surface area contributed by atoms with E-state index < -0.39 is 0 Å². The van der Waals surface area contributed by atoms with Crippen LogP contribution in [0.1, 0.15) is 6.92 Å². The Balaban J connectivity index is 0. The summed E-state index contributed by atoms with van der Waals surface area (Å²) in [7, 11) is 12.4. The van der Waals surface area contributed by atoms with E-state index >= 15 is 0 Å². The summed E-state index contributed by atoms with van der Waals surface area (Å²) in [4.78, 5) is 0. The van der Waals surface area contributed by atoms with Gasteiger partial charge in [0.25, 0.3) is 0 Å². The fraction of sp³-hybridized carbons (Fsp3) is 0.875. The van der Waals surface area contributed by atoms with Crippen LogP contribution in [0.3, 0.4) is 0 Å². The van der Waals surface area contributed by atoms with Crippen LogP contribution in [0.25, 0.3) is 0 Å². The van der Waals surface area contributed by atoms with Gasteiger partial charge in [-0.3, -0.25) is 14.0 Å². The van der Waals surface area contributed by atoms with Gasteiger partial charge in [0.2, 0.25) is 0 Å². The average Bonchev–Trinajstić information content (AvgIpc) is 1.84. The SMILES string of the molecule is CC#N.CN(C)P(N(C)C)N(C)C.